The van der Waals surface area contributed by atoms with E-state index in [-0.39, 0.29) is 5.91 Å². The van der Waals surface area contributed by atoms with Crippen LogP contribution >= 0.6 is 22.7 Å². The van der Waals surface area contributed by atoms with Crippen LogP contribution in [0.4, 0.5) is 10.8 Å². The van der Waals surface area contributed by atoms with E-state index in [4.69, 9.17) is 0 Å². The van der Waals surface area contributed by atoms with E-state index in [9.17, 15) is 4.79 Å². The number of hydrogen-bond donors (Lipinski definition) is 1. The summed E-state index contributed by atoms with van der Waals surface area (Å²) in [4.78, 5) is 22.6. The second-order valence-corrected chi connectivity index (χ2v) is 7.72. The first-order valence-electron chi connectivity index (χ1n) is 7.66. The quantitative estimate of drug-likeness (QED) is 0.733. The van der Waals surface area contributed by atoms with Gasteiger partial charge in [-0.1, -0.05) is 29.5 Å². The van der Waals surface area contributed by atoms with Crippen LogP contribution in [0.2, 0.25) is 0 Å². The van der Waals surface area contributed by atoms with Crippen molar-refractivity contribution in [3.8, 4) is 0 Å². The Labute approximate surface area is 149 Å². The van der Waals surface area contributed by atoms with Gasteiger partial charge in [-0.2, -0.15) is 0 Å². The molecule has 3 rings (SSSR count). The summed E-state index contributed by atoms with van der Waals surface area (Å²) < 4.78 is 1.07. The number of benzene rings is 1. The van der Waals surface area contributed by atoms with Crippen LogP contribution in [0.3, 0.4) is 0 Å². The molecule has 3 aromatic rings. The second kappa shape index (κ2) is 7.19. The minimum atomic E-state index is -0.0296. The largest absolute Gasteiger partial charge is 0.373 e. The summed E-state index contributed by atoms with van der Waals surface area (Å²) in [6.45, 7) is 1.37. The fourth-order valence-corrected chi connectivity index (χ4v) is 4.31. The van der Waals surface area contributed by atoms with Gasteiger partial charge >= 0.3 is 0 Å². The summed E-state index contributed by atoms with van der Waals surface area (Å²) in [6.07, 6.45) is 0. The van der Waals surface area contributed by atoms with Crippen LogP contribution in [0.5, 0.6) is 0 Å². The Morgan fingerprint density at radius 1 is 1.17 bits per heavy atom. The summed E-state index contributed by atoms with van der Waals surface area (Å²) in [5.74, 6) is -0.0296. The molecule has 0 unspecified atom stereocenters. The third-order valence-electron chi connectivity index (χ3n) is 3.61. The Kier molecular flexibility index (Phi) is 5.01. The molecular formula is C17H20N4OS2. The number of carbonyl (C=O) groups is 1. The van der Waals surface area contributed by atoms with Crippen LogP contribution in [0, 0.1) is 0 Å². The Morgan fingerprint density at radius 2 is 1.92 bits per heavy atom. The summed E-state index contributed by atoms with van der Waals surface area (Å²) in [6, 6.07) is 12.1. The summed E-state index contributed by atoms with van der Waals surface area (Å²) >= 11 is 3.05. The lowest BCUT2D eigenvalue weighted by atomic mass is 10.3. The maximum absolute atomic E-state index is 12.3. The molecule has 2 heterocycles. The molecule has 1 aromatic carbocycles. The van der Waals surface area contributed by atoms with Crippen molar-refractivity contribution in [1.82, 2.24) is 10.3 Å². The first-order valence-corrected chi connectivity index (χ1v) is 9.30. The number of thiophene rings is 1. The van der Waals surface area contributed by atoms with E-state index in [0.29, 0.717) is 6.54 Å². The molecule has 7 heteroatoms. The highest BCUT2D eigenvalue weighted by molar-refractivity contribution is 7.29. The van der Waals surface area contributed by atoms with Gasteiger partial charge in [0.25, 0.3) is 5.91 Å². The number of aromatic nitrogens is 1. The average Bonchev–Trinajstić information content (AvgIpc) is 3.14. The molecule has 5 nitrogen and oxygen atoms in total. The SMILES string of the molecule is CN(C)c1nc2sc(C(=O)NCCN(C)c3ccccc3)cc2s1. The Bertz CT molecular complexity index is 794. The molecule has 1 amide bonds. The number of likely N-dealkylation sites (N-methyl/N-ethyl adjacent to an activating group) is 1. The van der Waals surface area contributed by atoms with Crippen molar-refractivity contribution >= 4 is 48.9 Å². The second-order valence-electron chi connectivity index (χ2n) is 5.68. The maximum atomic E-state index is 12.3. The van der Waals surface area contributed by atoms with E-state index >= 15 is 0 Å². The molecule has 0 fully saturated rings. The smallest absolute Gasteiger partial charge is 0.261 e. The fourth-order valence-electron chi connectivity index (χ4n) is 2.26. The normalized spacial score (nSPS) is 10.8. The lowest BCUT2D eigenvalue weighted by molar-refractivity contribution is 0.0959. The fraction of sp³-hybridized carbons (Fsp3) is 0.294. The number of amides is 1. The Balaban J connectivity index is 1.56. The molecule has 0 saturated carbocycles. The third-order valence-corrected chi connectivity index (χ3v) is 5.94. The first-order chi connectivity index (χ1) is 11.5. The van der Waals surface area contributed by atoms with Crippen LogP contribution in [-0.2, 0) is 0 Å². The molecule has 126 valence electrons. The van der Waals surface area contributed by atoms with E-state index in [1.807, 2.05) is 50.3 Å². The minimum absolute atomic E-state index is 0.0296. The molecule has 0 aliphatic heterocycles. The lowest BCUT2D eigenvalue weighted by Gasteiger charge is -2.19. The van der Waals surface area contributed by atoms with Crippen molar-refractivity contribution in [2.75, 3.05) is 44.0 Å². The molecule has 24 heavy (non-hydrogen) atoms. The van der Waals surface area contributed by atoms with Crippen molar-refractivity contribution in [2.45, 2.75) is 0 Å². The van der Waals surface area contributed by atoms with Gasteiger partial charge in [-0.05, 0) is 18.2 Å². The summed E-state index contributed by atoms with van der Waals surface area (Å²) in [5, 5.41) is 3.95. The number of para-hydroxylation sites is 1. The highest BCUT2D eigenvalue weighted by Gasteiger charge is 2.14. The number of carbonyl (C=O) groups excluding carboxylic acids is 1. The third kappa shape index (κ3) is 3.68. The number of rotatable bonds is 6. The van der Waals surface area contributed by atoms with Crippen molar-refractivity contribution < 1.29 is 4.79 Å². The van der Waals surface area contributed by atoms with Crippen LogP contribution in [-0.4, -0.2) is 45.1 Å². The molecule has 0 atom stereocenters. The van der Waals surface area contributed by atoms with E-state index in [0.717, 1.165) is 31.8 Å². The van der Waals surface area contributed by atoms with E-state index < -0.39 is 0 Å². The first kappa shape index (κ1) is 16.7. The average molecular weight is 361 g/mol. The van der Waals surface area contributed by atoms with Gasteiger partial charge in [0, 0.05) is 39.9 Å². The summed E-state index contributed by atoms with van der Waals surface area (Å²) in [7, 11) is 5.97. The number of anilines is 2. The number of hydrogen-bond acceptors (Lipinski definition) is 6. The van der Waals surface area contributed by atoms with Crippen LogP contribution in [0.25, 0.3) is 9.53 Å². The zero-order valence-electron chi connectivity index (χ0n) is 13.9. The zero-order chi connectivity index (χ0) is 17.1. The van der Waals surface area contributed by atoms with Gasteiger partial charge in [0.1, 0.15) is 4.83 Å². The van der Waals surface area contributed by atoms with E-state index in [1.165, 1.54) is 11.3 Å². The van der Waals surface area contributed by atoms with Gasteiger partial charge in [0.05, 0.1) is 9.58 Å². The molecule has 0 spiro atoms. The van der Waals surface area contributed by atoms with Crippen molar-refractivity contribution in [3.05, 3.63) is 41.3 Å². The predicted molar refractivity (Wildman–Crippen MR) is 104 cm³/mol. The highest BCUT2D eigenvalue weighted by atomic mass is 32.1. The maximum Gasteiger partial charge on any atom is 0.261 e. The molecule has 1 N–H and O–H groups in total. The van der Waals surface area contributed by atoms with Crippen molar-refractivity contribution in [1.29, 1.82) is 0 Å². The summed E-state index contributed by atoms with van der Waals surface area (Å²) in [5.41, 5.74) is 1.14. The van der Waals surface area contributed by atoms with Gasteiger partial charge in [-0.15, -0.1) is 11.3 Å². The topological polar surface area (TPSA) is 48.5 Å². The monoisotopic (exact) mass is 360 g/mol. The Morgan fingerprint density at radius 3 is 2.58 bits per heavy atom. The predicted octanol–water partition coefficient (Wildman–Crippen LogP) is 3.29. The van der Waals surface area contributed by atoms with Crippen molar-refractivity contribution in [3.63, 3.8) is 0 Å². The van der Waals surface area contributed by atoms with E-state index in [2.05, 4.69) is 27.3 Å². The minimum Gasteiger partial charge on any atom is -0.373 e. The van der Waals surface area contributed by atoms with Gasteiger partial charge in [0.15, 0.2) is 5.13 Å². The van der Waals surface area contributed by atoms with Crippen LogP contribution in [0.1, 0.15) is 9.67 Å². The number of fused-ring (bicyclic) bond motifs is 1. The molecule has 2 aromatic heterocycles. The van der Waals surface area contributed by atoms with Gasteiger partial charge in [-0.25, -0.2) is 4.98 Å². The number of nitrogens with zero attached hydrogens (tertiary/aromatic N) is 3. The van der Waals surface area contributed by atoms with Gasteiger partial charge < -0.3 is 15.1 Å². The van der Waals surface area contributed by atoms with Crippen LogP contribution < -0.4 is 15.1 Å². The molecule has 0 aliphatic rings. The number of nitrogens with one attached hydrogen (secondary N) is 1. The van der Waals surface area contributed by atoms with Gasteiger partial charge in [-0.3, -0.25) is 4.79 Å². The van der Waals surface area contributed by atoms with Gasteiger partial charge in [0.2, 0.25) is 0 Å². The highest BCUT2D eigenvalue weighted by Crippen LogP contribution is 2.33. The zero-order valence-corrected chi connectivity index (χ0v) is 15.6. The van der Waals surface area contributed by atoms with Crippen LogP contribution in [0.15, 0.2) is 36.4 Å². The van der Waals surface area contributed by atoms with Crippen molar-refractivity contribution in [2.24, 2.45) is 0 Å². The molecular weight excluding hydrogens is 340 g/mol. The van der Waals surface area contributed by atoms with E-state index in [1.54, 1.807) is 11.3 Å². The molecule has 0 bridgehead atoms. The molecule has 0 radical (unpaired) electrons. The number of thiazole rings is 1. The lowest BCUT2D eigenvalue weighted by Crippen LogP contribution is -2.32. The standard InChI is InChI=1S/C17H20N4OS2/c1-20(2)17-19-16-14(24-17)11-13(23-16)15(22)18-9-10-21(3)12-7-5-4-6-8-12/h4-8,11H,9-10H2,1-3H3,(H,18,22). The molecule has 0 aliphatic carbocycles. The molecule has 0 saturated heterocycles. The Hall–Kier alpha value is -2.12.